The average Bonchev–Trinajstić information content (AvgIpc) is 2.86. The van der Waals surface area contributed by atoms with Crippen LogP contribution in [-0.4, -0.2) is 56.6 Å². The van der Waals surface area contributed by atoms with Crippen LogP contribution in [0.2, 0.25) is 0 Å². The molecule has 0 radical (unpaired) electrons. The number of rotatable bonds is 11. The van der Waals surface area contributed by atoms with Crippen LogP contribution in [0.15, 0.2) is 54.6 Å². The van der Waals surface area contributed by atoms with Crippen LogP contribution in [-0.2, 0) is 26.0 Å². The van der Waals surface area contributed by atoms with Gasteiger partial charge >= 0.3 is 0 Å². The Hall–Kier alpha value is -2.14. The van der Waals surface area contributed by atoms with Crippen LogP contribution in [0, 0.1) is 3.57 Å². The van der Waals surface area contributed by atoms with Gasteiger partial charge in [-0.2, -0.15) is 0 Å². The molecule has 1 fully saturated rings. The van der Waals surface area contributed by atoms with Crippen LogP contribution in [0.1, 0.15) is 51.0 Å². The van der Waals surface area contributed by atoms with Gasteiger partial charge in [-0.1, -0.05) is 56.5 Å². The van der Waals surface area contributed by atoms with Gasteiger partial charge in [0.25, 0.3) is 0 Å². The second-order valence-corrected chi connectivity index (χ2v) is 12.5. The van der Waals surface area contributed by atoms with E-state index in [1.165, 1.54) is 6.42 Å². The standard InChI is InChI=1S/C27H36IN3O4S/c1-3-25(27(33)29-23-12-8-5-9-13-23)30(19-18-21-10-6-4-7-11-21)26(32)20-31(36(2,34)35)24-16-14-22(28)15-17-24/h4,6-7,10-11,14-17,23,25H,3,5,8-9,12-13,18-20H2,1-2H3,(H,29,33)/t25-/m1/s1. The van der Waals surface area contributed by atoms with Gasteiger partial charge in [-0.05, 0) is 78.1 Å². The third-order valence-electron chi connectivity index (χ3n) is 6.62. The fourth-order valence-electron chi connectivity index (χ4n) is 4.66. The maximum Gasteiger partial charge on any atom is 0.244 e. The minimum absolute atomic E-state index is 0.130. The smallest absolute Gasteiger partial charge is 0.244 e. The third-order valence-corrected chi connectivity index (χ3v) is 8.48. The quantitative estimate of drug-likeness (QED) is 0.377. The van der Waals surface area contributed by atoms with E-state index in [2.05, 4.69) is 27.9 Å². The zero-order valence-electron chi connectivity index (χ0n) is 21.0. The van der Waals surface area contributed by atoms with Crippen molar-refractivity contribution in [1.82, 2.24) is 10.2 Å². The number of sulfonamides is 1. The van der Waals surface area contributed by atoms with Gasteiger partial charge < -0.3 is 10.2 Å². The molecule has 2 aromatic carbocycles. The van der Waals surface area contributed by atoms with E-state index >= 15 is 0 Å². The zero-order valence-corrected chi connectivity index (χ0v) is 24.0. The van der Waals surface area contributed by atoms with E-state index in [0.29, 0.717) is 25.1 Å². The molecule has 1 aliphatic carbocycles. The predicted molar refractivity (Wildman–Crippen MR) is 152 cm³/mol. The summed E-state index contributed by atoms with van der Waals surface area (Å²) in [5, 5.41) is 3.16. The van der Waals surface area contributed by atoms with Crippen molar-refractivity contribution in [3.8, 4) is 0 Å². The van der Waals surface area contributed by atoms with Gasteiger partial charge in [0.1, 0.15) is 12.6 Å². The van der Waals surface area contributed by atoms with Crippen LogP contribution >= 0.6 is 22.6 Å². The van der Waals surface area contributed by atoms with E-state index in [1.54, 1.807) is 29.2 Å². The summed E-state index contributed by atoms with van der Waals surface area (Å²) in [5.41, 5.74) is 1.48. The van der Waals surface area contributed by atoms with Crippen LogP contribution in [0.4, 0.5) is 5.69 Å². The van der Waals surface area contributed by atoms with E-state index in [9.17, 15) is 18.0 Å². The molecule has 0 unspecified atom stereocenters. The number of benzene rings is 2. The first-order valence-corrected chi connectivity index (χ1v) is 15.5. The van der Waals surface area contributed by atoms with Gasteiger partial charge in [0.05, 0.1) is 11.9 Å². The van der Waals surface area contributed by atoms with Crippen molar-refractivity contribution in [3.05, 3.63) is 63.7 Å². The van der Waals surface area contributed by atoms with Crippen molar-refractivity contribution in [3.63, 3.8) is 0 Å². The SMILES string of the molecule is CC[C@H](C(=O)NC1CCCCC1)N(CCc1ccccc1)C(=O)CN(c1ccc(I)cc1)S(C)(=O)=O. The molecule has 7 nitrogen and oxygen atoms in total. The first-order valence-electron chi connectivity index (χ1n) is 12.6. The summed E-state index contributed by atoms with van der Waals surface area (Å²) in [4.78, 5) is 28.6. The molecule has 0 aliphatic heterocycles. The molecule has 3 rings (SSSR count). The molecule has 0 bridgehead atoms. The zero-order chi connectivity index (χ0) is 26.1. The maximum absolute atomic E-state index is 13.7. The molecule has 0 saturated heterocycles. The monoisotopic (exact) mass is 625 g/mol. The Labute approximate surface area is 228 Å². The number of nitrogens with zero attached hydrogens (tertiary/aromatic N) is 2. The molecule has 0 spiro atoms. The van der Waals surface area contributed by atoms with Crippen LogP contribution in [0.3, 0.4) is 0 Å². The largest absolute Gasteiger partial charge is 0.352 e. The number of amides is 2. The Kier molecular flexibility index (Phi) is 10.6. The fourth-order valence-corrected chi connectivity index (χ4v) is 5.87. The molecule has 36 heavy (non-hydrogen) atoms. The topological polar surface area (TPSA) is 86.8 Å². The molecule has 2 amide bonds. The molecule has 1 aliphatic rings. The normalized spacial score (nSPS) is 15.2. The molecular formula is C27H36IN3O4S. The van der Waals surface area contributed by atoms with Crippen molar-refractivity contribution in [2.75, 3.05) is 23.7 Å². The van der Waals surface area contributed by atoms with Gasteiger partial charge in [0.15, 0.2) is 0 Å². The second kappa shape index (κ2) is 13.4. The molecule has 1 saturated carbocycles. The lowest BCUT2D eigenvalue weighted by atomic mass is 9.95. The van der Waals surface area contributed by atoms with Crippen LogP contribution in [0.5, 0.6) is 0 Å². The number of carbonyl (C=O) groups excluding carboxylic acids is 2. The Morgan fingerprint density at radius 2 is 1.67 bits per heavy atom. The Balaban J connectivity index is 1.84. The van der Waals surface area contributed by atoms with Gasteiger partial charge in [0.2, 0.25) is 21.8 Å². The van der Waals surface area contributed by atoms with Crippen molar-refractivity contribution in [2.24, 2.45) is 0 Å². The Morgan fingerprint density at radius 1 is 1.03 bits per heavy atom. The van der Waals surface area contributed by atoms with Crippen molar-refractivity contribution in [1.29, 1.82) is 0 Å². The Bertz CT molecular complexity index is 1100. The number of nitrogens with one attached hydrogen (secondary N) is 1. The Morgan fingerprint density at radius 3 is 2.25 bits per heavy atom. The van der Waals surface area contributed by atoms with Crippen LogP contribution < -0.4 is 9.62 Å². The molecule has 1 atom stereocenters. The van der Waals surface area contributed by atoms with Crippen molar-refractivity contribution in [2.45, 2.75) is 64.0 Å². The molecule has 0 aromatic heterocycles. The van der Waals surface area contributed by atoms with E-state index < -0.39 is 16.1 Å². The van der Waals surface area contributed by atoms with Crippen molar-refractivity contribution >= 4 is 50.1 Å². The van der Waals surface area contributed by atoms with Crippen molar-refractivity contribution < 1.29 is 18.0 Å². The molecule has 9 heteroatoms. The summed E-state index contributed by atoms with van der Waals surface area (Å²) in [6, 6.07) is 16.2. The highest BCUT2D eigenvalue weighted by Crippen LogP contribution is 2.21. The minimum Gasteiger partial charge on any atom is -0.352 e. The van der Waals surface area contributed by atoms with Gasteiger partial charge in [-0.25, -0.2) is 8.42 Å². The molecule has 196 valence electrons. The highest BCUT2D eigenvalue weighted by Gasteiger charge is 2.32. The van der Waals surface area contributed by atoms with E-state index in [-0.39, 0.29) is 24.4 Å². The predicted octanol–water partition coefficient (Wildman–Crippen LogP) is 4.36. The van der Waals surface area contributed by atoms with Gasteiger partial charge in [0, 0.05) is 16.2 Å². The van der Waals surface area contributed by atoms with E-state index in [4.69, 9.17) is 0 Å². The summed E-state index contributed by atoms with van der Waals surface area (Å²) >= 11 is 2.15. The summed E-state index contributed by atoms with van der Waals surface area (Å²) in [6.45, 7) is 1.85. The number of halogens is 1. The number of carbonyl (C=O) groups is 2. The highest BCUT2D eigenvalue weighted by molar-refractivity contribution is 14.1. The summed E-state index contributed by atoms with van der Waals surface area (Å²) in [7, 11) is -3.72. The van der Waals surface area contributed by atoms with E-state index in [0.717, 1.165) is 45.4 Å². The molecular weight excluding hydrogens is 589 g/mol. The van der Waals surface area contributed by atoms with Gasteiger partial charge in [-0.3, -0.25) is 13.9 Å². The number of hydrogen-bond donors (Lipinski definition) is 1. The highest BCUT2D eigenvalue weighted by atomic mass is 127. The first kappa shape index (κ1) is 28.4. The number of hydrogen-bond acceptors (Lipinski definition) is 4. The van der Waals surface area contributed by atoms with E-state index in [1.807, 2.05) is 37.3 Å². The van der Waals surface area contributed by atoms with Crippen LogP contribution in [0.25, 0.3) is 0 Å². The minimum atomic E-state index is -3.72. The molecule has 2 aromatic rings. The van der Waals surface area contributed by atoms with Gasteiger partial charge in [-0.15, -0.1) is 0 Å². The lowest BCUT2D eigenvalue weighted by Crippen LogP contribution is -2.54. The lowest BCUT2D eigenvalue weighted by molar-refractivity contribution is -0.140. The molecule has 1 N–H and O–H groups in total. The maximum atomic E-state index is 13.7. The lowest BCUT2D eigenvalue weighted by Gasteiger charge is -2.34. The number of anilines is 1. The second-order valence-electron chi connectivity index (χ2n) is 9.34. The molecule has 0 heterocycles. The first-order chi connectivity index (χ1) is 17.2. The summed E-state index contributed by atoms with van der Waals surface area (Å²) < 4.78 is 27.4. The fraction of sp³-hybridized carbons (Fsp3) is 0.481. The average molecular weight is 626 g/mol. The third kappa shape index (κ3) is 8.19. The summed E-state index contributed by atoms with van der Waals surface area (Å²) in [6.07, 6.45) is 7.40. The summed E-state index contributed by atoms with van der Waals surface area (Å²) in [5.74, 6) is -0.550.